The van der Waals surface area contributed by atoms with Crippen molar-refractivity contribution in [2.24, 2.45) is 0 Å². The summed E-state index contributed by atoms with van der Waals surface area (Å²) in [7, 11) is -9.81. The summed E-state index contributed by atoms with van der Waals surface area (Å²) in [6, 6.07) is 0. The van der Waals surface area contributed by atoms with Gasteiger partial charge in [0.05, 0.1) is 26.4 Å². The molecule has 0 heterocycles. The van der Waals surface area contributed by atoms with Crippen molar-refractivity contribution in [1.29, 1.82) is 0 Å². The van der Waals surface area contributed by atoms with Crippen molar-refractivity contribution in [3.05, 3.63) is 170 Å². The predicted octanol–water partition coefficient (Wildman–Crippen LogP) is 22.4. The Labute approximate surface area is 612 Å². The second kappa shape index (κ2) is 74.6. The fourth-order valence-electron chi connectivity index (χ4n) is 9.61. The van der Waals surface area contributed by atoms with Crippen LogP contribution in [0.1, 0.15) is 278 Å². The Bertz CT molecular complexity index is 2520. The Kier molecular flexibility index (Phi) is 70.9. The molecule has 0 fully saturated rings. The number of hydrogen-bond acceptors (Lipinski definition) is 14. The molecular formula is C83H136O16P2. The van der Waals surface area contributed by atoms with E-state index in [1.807, 2.05) is 0 Å². The van der Waals surface area contributed by atoms with Crippen molar-refractivity contribution in [3.63, 3.8) is 0 Å². The number of allylic oxidation sites excluding steroid dienone is 28. The molecule has 0 saturated carbocycles. The molecule has 16 nitrogen and oxygen atoms in total. The molecule has 0 rings (SSSR count). The van der Waals surface area contributed by atoms with Crippen LogP contribution in [0.2, 0.25) is 0 Å². The number of rotatable bonds is 71. The maximum absolute atomic E-state index is 13.0. The van der Waals surface area contributed by atoms with Crippen LogP contribution in [0.25, 0.3) is 0 Å². The van der Waals surface area contributed by atoms with Gasteiger partial charge in [-0.25, -0.2) is 9.13 Å². The first kappa shape index (κ1) is 95.9. The van der Waals surface area contributed by atoms with Gasteiger partial charge >= 0.3 is 33.6 Å². The number of ether oxygens (including phenoxy) is 3. The lowest BCUT2D eigenvalue weighted by Crippen LogP contribution is -2.30. The summed E-state index contributed by atoms with van der Waals surface area (Å²) in [4.78, 5) is 58.6. The molecule has 18 heteroatoms. The van der Waals surface area contributed by atoms with E-state index >= 15 is 0 Å². The van der Waals surface area contributed by atoms with E-state index in [1.165, 1.54) is 19.3 Å². The van der Waals surface area contributed by atoms with Gasteiger partial charge in [0, 0.05) is 19.3 Å². The van der Waals surface area contributed by atoms with Gasteiger partial charge in [0.25, 0.3) is 0 Å². The summed E-state index contributed by atoms with van der Waals surface area (Å²) in [5.74, 6) is -1.63. The van der Waals surface area contributed by atoms with E-state index in [0.717, 1.165) is 199 Å². The molecule has 574 valence electrons. The normalized spacial score (nSPS) is 15.0. The van der Waals surface area contributed by atoms with E-state index in [1.54, 1.807) is 0 Å². The lowest BCUT2D eigenvalue weighted by atomic mass is 10.1. The average Bonchev–Trinajstić information content (AvgIpc) is 1.19. The molecule has 101 heavy (non-hydrogen) atoms. The number of carbonyl (C=O) groups excluding carboxylic acids is 3. The number of aliphatic hydroxyl groups is 2. The molecule has 0 radical (unpaired) electrons. The zero-order valence-electron chi connectivity index (χ0n) is 62.5. The summed E-state index contributed by atoms with van der Waals surface area (Å²) >= 11 is 0. The van der Waals surface area contributed by atoms with Crippen LogP contribution in [0.5, 0.6) is 0 Å². The van der Waals surface area contributed by atoms with Crippen LogP contribution in [0.3, 0.4) is 0 Å². The molecule has 5 unspecified atom stereocenters. The number of esters is 3. The van der Waals surface area contributed by atoms with Gasteiger partial charge in [0.2, 0.25) is 0 Å². The first-order valence-electron chi connectivity index (χ1n) is 38.4. The molecule has 0 aromatic carbocycles. The minimum absolute atomic E-state index is 0.0788. The fourth-order valence-corrected chi connectivity index (χ4v) is 11.2. The van der Waals surface area contributed by atoms with Crippen LogP contribution < -0.4 is 0 Å². The molecule has 0 aliphatic rings. The van der Waals surface area contributed by atoms with E-state index in [0.29, 0.717) is 19.3 Å². The van der Waals surface area contributed by atoms with Gasteiger partial charge < -0.3 is 34.2 Å². The van der Waals surface area contributed by atoms with Crippen molar-refractivity contribution in [2.45, 2.75) is 296 Å². The first-order chi connectivity index (χ1) is 49.2. The van der Waals surface area contributed by atoms with Crippen molar-refractivity contribution in [1.82, 2.24) is 0 Å². The van der Waals surface area contributed by atoms with Gasteiger partial charge in [0.1, 0.15) is 25.4 Å². The highest BCUT2D eigenvalue weighted by Crippen LogP contribution is 2.45. The Balaban J connectivity index is 4.67. The highest BCUT2D eigenvalue weighted by molar-refractivity contribution is 7.47. The Morgan fingerprint density at radius 2 is 0.525 bits per heavy atom. The first-order valence-corrected chi connectivity index (χ1v) is 41.4. The lowest BCUT2D eigenvalue weighted by Gasteiger charge is -2.21. The third kappa shape index (κ3) is 75.9. The van der Waals surface area contributed by atoms with E-state index < -0.39 is 91.5 Å². The smallest absolute Gasteiger partial charge is 0.463 e. The Hall–Kier alpha value is -5.09. The number of aliphatic hydroxyl groups excluding tert-OH is 2. The van der Waals surface area contributed by atoms with Crippen molar-refractivity contribution >= 4 is 33.6 Å². The Morgan fingerprint density at radius 3 is 0.832 bits per heavy atom. The summed E-state index contributed by atoms with van der Waals surface area (Å²) in [6.45, 7) is 2.35. The van der Waals surface area contributed by atoms with Gasteiger partial charge in [-0.05, 0) is 154 Å². The average molecular weight is 1450 g/mol. The van der Waals surface area contributed by atoms with Crippen LogP contribution in [0.4, 0.5) is 0 Å². The third-order valence-electron chi connectivity index (χ3n) is 15.4. The minimum atomic E-state index is -4.95. The predicted molar refractivity (Wildman–Crippen MR) is 417 cm³/mol. The van der Waals surface area contributed by atoms with Gasteiger partial charge in [0.15, 0.2) is 6.10 Å². The van der Waals surface area contributed by atoms with Crippen LogP contribution in [-0.4, -0.2) is 95.9 Å². The summed E-state index contributed by atoms with van der Waals surface area (Å²) < 4.78 is 61.1. The van der Waals surface area contributed by atoms with Crippen molar-refractivity contribution in [3.8, 4) is 0 Å². The molecule has 0 amide bonds. The van der Waals surface area contributed by atoms with E-state index in [9.17, 15) is 43.5 Å². The topological polar surface area (TPSA) is 231 Å². The quantitative estimate of drug-likeness (QED) is 0.0146. The monoisotopic (exact) mass is 1450 g/mol. The number of unbranched alkanes of at least 4 members (excludes halogenated alkanes) is 20. The van der Waals surface area contributed by atoms with Crippen LogP contribution in [-0.2, 0) is 55.8 Å². The van der Waals surface area contributed by atoms with E-state index in [4.69, 9.17) is 32.3 Å². The maximum Gasteiger partial charge on any atom is 0.472 e. The molecule has 0 saturated heterocycles. The molecule has 0 aliphatic heterocycles. The molecule has 0 bridgehead atoms. The highest BCUT2D eigenvalue weighted by atomic mass is 31.2. The standard InChI is InChI=1S/C83H136O16P2/c1-4-7-10-13-16-19-22-25-28-30-32-34-36-38-40-42-44-46-49-51-54-57-60-63-66-69-81(86)93-72-78(84)73-95-100(89,90)96-74-79(85)75-97-101(91,92)98-77-80(99-83(88)71-68-65-62-59-56-53-48-27-24-21-18-15-12-9-6-3)76-94-82(87)70-67-64-61-58-55-52-50-47-45-43-41-39-37-35-33-31-29-26-23-20-17-14-11-8-5-2/h7-8,10-11,16-21,25-29,32-35,38-41,44-48,78-80,84-85H,4-6,9,12-15,22-24,30-31,36-37,42-43,49-77H2,1-3H3,(H,89,90)(H,91,92)/b10-7-,11-8-,19-16-,20-17-,21-18-,28-25-,29-26-,34-32-,35-33-,40-38-,41-39-,46-44-,47-45-,48-27-. The second-order valence-corrected chi connectivity index (χ2v) is 27.9. The van der Waals surface area contributed by atoms with Gasteiger partial charge in [-0.1, -0.05) is 274 Å². The molecule has 0 aromatic heterocycles. The molecule has 0 aliphatic carbocycles. The van der Waals surface area contributed by atoms with Crippen molar-refractivity contribution < 1.29 is 75.8 Å². The molecule has 4 N–H and O–H groups in total. The SMILES string of the molecule is CC/C=C\C/C=C\C/C=C\C/C=C\C/C=C\C/C=C\CCCCCCCCC(=O)OCC(O)COP(=O)(O)OCC(O)COP(=O)(O)OCC(COC(=O)CCCCCCCC/C=C\C/C=C\C/C=C\C/C=C\C/C=C\C/C=C\CC)OC(=O)CCCCCCC/C=C\C/C=C\CCCCC. The molecule has 0 aromatic rings. The van der Waals surface area contributed by atoms with Crippen LogP contribution in [0.15, 0.2) is 170 Å². The van der Waals surface area contributed by atoms with Crippen LogP contribution in [0, 0.1) is 0 Å². The highest BCUT2D eigenvalue weighted by Gasteiger charge is 2.29. The fraction of sp³-hybridized carbons (Fsp3) is 0.627. The number of phosphoric ester groups is 2. The van der Waals surface area contributed by atoms with E-state index in [-0.39, 0.29) is 19.3 Å². The number of hydrogen-bond donors (Lipinski definition) is 4. The van der Waals surface area contributed by atoms with Crippen LogP contribution >= 0.6 is 15.6 Å². The summed E-state index contributed by atoms with van der Waals surface area (Å²) in [6.07, 6.45) is 93.9. The number of phosphoric acid groups is 2. The van der Waals surface area contributed by atoms with Gasteiger partial charge in [-0.15, -0.1) is 0 Å². The molecule has 0 spiro atoms. The third-order valence-corrected chi connectivity index (χ3v) is 17.3. The summed E-state index contributed by atoms with van der Waals surface area (Å²) in [5, 5.41) is 20.6. The number of carbonyl (C=O) groups is 3. The van der Waals surface area contributed by atoms with Gasteiger partial charge in [-0.3, -0.25) is 32.5 Å². The molecule has 5 atom stereocenters. The zero-order valence-corrected chi connectivity index (χ0v) is 64.3. The van der Waals surface area contributed by atoms with Crippen molar-refractivity contribution in [2.75, 3.05) is 39.6 Å². The summed E-state index contributed by atoms with van der Waals surface area (Å²) in [5.41, 5.74) is 0. The maximum atomic E-state index is 13.0. The largest absolute Gasteiger partial charge is 0.472 e. The zero-order chi connectivity index (χ0) is 73.7. The second-order valence-electron chi connectivity index (χ2n) is 25.0. The van der Waals surface area contributed by atoms with Gasteiger partial charge in [-0.2, -0.15) is 0 Å². The lowest BCUT2D eigenvalue weighted by molar-refractivity contribution is -0.161. The Morgan fingerprint density at radius 1 is 0.287 bits per heavy atom. The minimum Gasteiger partial charge on any atom is -0.463 e. The van der Waals surface area contributed by atoms with E-state index in [2.05, 4.69) is 191 Å². The molecular weight excluding hydrogens is 1310 g/mol.